The van der Waals surface area contributed by atoms with E-state index in [2.05, 4.69) is 83.1 Å². The van der Waals surface area contributed by atoms with Gasteiger partial charge in [0.15, 0.2) is 5.52 Å². The fraction of sp³-hybridized carbons (Fsp3) is 0.143. The molecule has 4 nitrogen and oxygen atoms in total. The van der Waals surface area contributed by atoms with E-state index >= 15 is 0 Å². The van der Waals surface area contributed by atoms with Gasteiger partial charge in [-0.2, -0.15) is 9.55 Å². The molecule has 0 fully saturated rings. The van der Waals surface area contributed by atoms with Gasteiger partial charge in [-0.15, -0.1) is 0 Å². The monoisotopic (exact) mass is 327 g/mol. The summed E-state index contributed by atoms with van der Waals surface area (Å²) in [6, 6.07) is 19.0. The van der Waals surface area contributed by atoms with E-state index in [1.54, 1.807) is 0 Å². The lowest BCUT2D eigenvalue weighted by Gasteiger charge is -2.04. The highest BCUT2D eigenvalue weighted by Gasteiger charge is 2.25. The van der Waals surface area contributed by atoms with Gasteiger partial charge in [0, 0.05) is 11.6 Å². The van der Waals surface area contributed by atoms with E-state index in [0.29, 0.717) is 0 Å². The third-order valence-electron chi connectivity index (χ3n) is 5.14. The zero-order chi connectivity index (χ0) is 17.1. The number of imidazole rings is 2. The first-order valence-corrected chi connectivity index (χ1v) is 8.49. The molecule has 4 heteroatoms. The summed E-state index contributed by atoms with van der Waals surface area (Å²) >= 11 is 0. The number of benzene rings is 2. The van der Waals surface area contributed by atoms with E-state index in [0.717, 1.165) is 22.6 Å². The van der Waals surface area contributed by atoms with Gasteiger partial charge >= 0.3 is 5.78 Å². The Kier molecular flexibility index (Phi) is 2.80. The van der Waals surface area contributed by atoms with Crippen LogP contribution >= 0.6 is 0 Å². The molecule has 3 heterocycles. The standard InChI is InChI=1S/C21H19N4/c1-14-11-12-18-20(15(14)2)25(19-10-6-7-13-23(19)3)21-22-16-8-4-5-9-17(16)24(18)21/h4-13H,1-3H3/q+1. The topological polar surface area (TPSA) is 26.1 Å². The molecular weight excluding hydrogens is 308 g/mol. The van der Waals surface area contributed by atoms with Crippen molar-refractivity contribution in [3.05, 3.63) is 71.9 Å². The van der Waals surface area contributed by atoms with Crippen molar-refractivity contribution < 1.29 is 4.57 Å². The zero-order valence-corrected chi connectivity index (χ0v) is 14.6. The van der Waals surface area contributed by atoms with Crippen LogP contribution in [0.3, 0.4) is 0 Å². The number of fused-ring (bicyclic) bond motifs is 5. The second kappa shape index (κ2) is 4.93. The van der Waals surface area contributed by atoms with Crippen LogP contribution in [-0.4, -0.2) is 14.0 Å². The number of hydrogen-bond acceptors (Lipinski definition) is 1. The Morgan fingerprint density at radius 1 is 0.880 bits per heavy atom. The zero-order valence-electron chi connectivity index (χ0n) is 14.6. The number of rotatable bonds is 1. The van der Waals surface area contributed by atoms with Crippen molar-refractivity contribution in [3.63, 3.8) is 0 Å². The minimum absolute atomic E-state index is 0.951. The van der Waals surface area contributed by atoms with Gasteiger partial charge in [0.1, 0.15) is 0 Å². The van der Waals surface area contributed by atoms with Crippen LogP contribution in [0.4, 0.5) is 0 Å². The maximum atomic E-state index is 4.95. The van der Waals surface area contributed by atoms with Crippen molar-refractivity contribution in [2.75, 3.05) is 0 Å². The van der Waals surface area contributed by atoms with Gasteiger partial charge < -0.3 is 0 Å². The highest BCUT2D eigenvalue weighted by molar-refractivity contribution is 5.93. The fourth-order valence-corrected chi connectivity index (χ4v) is 3.71. The van der Waals surface area contributed by atoms with E-state index in [4.69, 9.17) is 4.98 Å². The summed E-state index contributed by atoms with van der Waals surface area (Å²) in [5.41, 5.74) is 7.15. The lowest BCUT2D eigenvalue weighted by atomic mass is 10.1. The van der Waals surface area contributed by atoms with Crippen LogP contribution in [0.5, 0.6) is 0 Å². The molecule has 0 radical (unpaired) electrons. The first kappa shape index (κ1) is 14.2. The van der Waals surface area contributed by atoms with Crippen molar-refractivity contribution in [2.45, 2.75) is 13.8 Å². The number of aromatic nitrogens is 4. The minimum atomic E-state index is 0.951. The third kappa shape index (κ3) is 1.82. The normalized spacial score (nSPS) is 11.8. The van der Waals surface area contributed by atoms with Crippen LogP contribution in [0.2, 0.25) is 0 Å². The van der Waals surface area contributed by atoms with Gasteiger partial charge in [0.25, 0.3) is 5.82 Å². The predicted molar refractivity (Wildman–Crippen MR) is 100 cm³/mol. The smallest absolute Gasteiger partial charge is 0.254 e. The number of hydrogen-bond donors (Lipinski definition) is 0. The summed E-state index contributed by atoms with van der Waals surface area (Å²) < 4.78 is 6.68. The fourth-order valence-electron chi connectivity index (χ4n) is 3.71. The quantitative estimate of drug-likeness (QED) is 0.429. The highest BCUT2D eigenvalue weighted by Crippen LogP contribution is 2.31. The van der Waals surface area contributed by atoms with E-state index in [9.17, 15) is 0 Å². The number of nitrogens with zero attached hydrogens (tertiary/aromatic N) is 4. The molecular formula is C21H19N4+. The number of para-hydroxylation sites is 2. The molecule has 5 rings (SSSR count). The molecule has 0 atom stereocenters. The van der Waals surface area contributed by atoms with Crippen LogP contribution in [0.1, 0.15) is 11.1 Å². The molecule has 2 aromatic carbocycles. The van der Waals surface area contributed by atoms with Gasteiger partial charge in [0.05, 0.1) is 29.8 Å². The molecule has 0 unspecified atom stereocenters. The molecule has 122 valence electrons. The van der Waals surface area contributed by atoms with E-state index in [-0.39, 0.29) is 0 Å². The first-order chi connectivity index (χ1) is 12.2. The lowest BCUT2D eigenvalue weighted by molar-refractivity contribution is -0.665. The van der Waals surface area contributed by atoms with Crippen LogP contribution < -0.4 is 4.57 Å². The number of aryl methyl sites for hydroxylation is 3. The van der Waals surface area contributed by atoms with Crippen LogP contribution in [0, 0.1) is 13.8 Å². The Morgan fingerprint density at radius 3 is 2.52 bits per heavy atom. The molecule has 3 aromatic heterocycles. The Hall–Kier alpha value is -3.14. The largest absolute Gasteiger partial charge is 0.312 e. The van der Waals surface area contributed by atoms with Crippen molar-refractivity contribution in [3.8, 4) is 5.82 Å². The maximum Gasteiger partial charge on any atom is 0.312 e. The van der Waals surface area contributed by atoms with Crippen LogP contribution in [0.25, 0.3) is 33.7 Å². The minimum Gasteiger partial charge on any atom is -0.254 e. The predicted octanol–water partition coefficient (Wildman–Crippen LogP) is 3.87. The second-order valence-electron chi connectivity index (χ2n) is 6.62. The average molecular weight is 327 g/mol. The van der Waals surface area contributed by atoms with Gasteiger partial charge in [-0.05, 0) is 43.7 Å². The van der Waals surface area contributed by atoms with Crippen molar-refractivity contribution in [2.24, 2.45) is 7.05 Å². The molecule has 25 heavy (non-hydrogen) atoms. The van der Waals surface area contributed by atoms with E-state index in [1.165, 1.54) is 22.2 Å². The average Bonchev–Trinajstić information content (AvgIpc) is 3.14. The molecule has 0 aliphatic heterocycles. The van der Waals surface area contributed by atoms with Crippen molar-refractivity contribution in [1.29, 1.82) is 0 Å². The molecule has 5 aromatic rings. The van der Waals surface area contributed by atoms with Crippen LogP contribution in [-0.2, 0) is 7.05 Å². The van der Waals surface area contributed by atoms with Gasteiger partial charge in [-0.3, -0.25) is 4.40 Å². The molecule has 0 spiro atoms. The molecule has 0 N–H and O–H groups in total. The summed E-state index contributed by atoms with van der Waals surface area (Å²) in [5.74, 6) is 2.05. The molecule has 0 saturated carbocycles. The maximum absolute atomic E-state index is 4.95. The summed E-state index contributed by atoms with van der Waals surface area (Å²) in [7, 11) is 2.07. The molecule has 0 aliphatic carbocycles. The Labute approximate surface area is 145 Å². The highest BCUT2D eigenvalue weighted by atomic mass is 15.3. The Bertz CT molecular complexity index is 1270. The Balaban J connectivity index is 2.10. The van der Waals surface area contributed by atoms with Crippen molar-refractivity contribution in [1.82, 2.24) is 14.0 Å². The van der Waals surface area contributed by atoms with Crippen LogP contribution in [0.15, 0.2) is 60.8 Å². The molecule has 0 amide bonds. The summed E-state index contributed by atoms with van der Waals surface area (Å²) in [5, 5.41) is 0. The Morgan fingerprint density at radius 2 is 1.68 bits per heavy atom. The summed E-state index contributed by atoms with van der Waals surface area (Å²) in [4.78, 5) is 4.95. The molecule has 0 aliphatic rings. The lowest BCUT2D eigenvalue weighted by Crippen LogP contribution is -2.33. The SMILES string of the molecule is Cc1ccc2c(c1C)n(-c1cccc[n+]1C)c1nc3ccccc3n21. The molecule has 0 saturated heterocycles. The van der Waals surface area contributed by atoms with E-state index < -0.39 is 0 Å². The second-order valence-corrected chi connectivity index (χ2v) is 6.62. The van der Waals surface area contributed by atoms with E-state index in [1.807, 2.05) is 12.1 Å². The first-order valence-electron chi connectivity index (χ1n) is 8.49. The van der Waals surface area contributed by atoms with Gasteiger partial charge in [-0.1, -0.05) is 24.3 Å². The summed E-state index contributed by atoms with van der Waals surface area (Å²) in [6.45, 7) is 4.36. The van der Waals surface area contributed by atoms with Crippen molar-refractivity contribution >= 4 is 27.8 Å². The number of pyridine rings is 1. The van der Waals surface area contributed by atoms with Gasteiger partial charge in [-0.25, -0.2) is 4.57 Å². The molecule has 0 bridgehead atoms. The van der Waals surface area contributed by atoms with Gasteiger partial charge in [0.2, 0.25) is 0 Å². The third-order valence-corrected chi connectivity index (χ3v) is 5.14. The summed E-state index contributed by atoms with van der Waals surface area (Å²) in [6.07, 6.45) is 2.07.